The van der Waals surface area contributed by atoms with E-state index in [2.05, 4.69) is 41.3 Å². The minimum atomic E-state index is 0.454. The van der Waals surface area contributed by atoms with Crippen molar-refractivity contribution in [2.75, 3.05) is 6.61 Å². The highest BCUT2D eigenvalue weighted by Crippen LogP contribution is 2.32. The first-order valence-corrected chi connectivity index (χ1v) is 12.3. The molecule has 0 aliphatic rings. The standard InChI is InChI=1S/C31H24N4O2/c1-2-19-36-25-13-11-22(12-14-25)21-7-9-24(10-8-21)30-34-31(37-35-30)27-20-29(23-15-17-32-18-16-23)33-28-6-4-3-5-26(27)28/h3-18,20H,2,19H2,1H3. The Bertz CT molecular complexity index is 1640. The molecule has 0 saturated heterocycles. The van der Waals surface area contributed by atoms with Crippen molar-refractivity contribution in [2.24, 2.45) is 0 Å². The van der Waals surface area contributed by atoms with Crippen LogP contribution >= 0.6 is 0 Å². The summed E-state index contributed by atoms with van der Waals surface area (Å²) in [5.74, 6) is 1.88. The molecule has 180 valence electrons. The summed E-state index contributed by atoms with van der Waals surface area (Å²) in [5, 5.41) is 5.24. The molecule has 3 aromatic heterocycles. The molecule has 0 atom stereocenters. The van der Waals surface area contributed by atoms with Gasteiger partial charge in [0.2, 0.25) is 5.82 Å². The molecule has 0 aliphatic carbocycles. The molecule has 3 aromatic carbocycles. The van der Waals surface area contributed by atoms with E-state index < -0.39 is 0 Å². The summed E-state index contributed by atoms with van der Waals surface area (Å²) < 4.78 is 11.4. The number of ether oxygens (including phenoxy) is 1. The number of rotatable bonds is 7. The van der Waals surface area contributed by atoms with Gasteiger partial charge in [0.25, 0.3) is 5.89 Å². The van der Waals surface area contributed by atoms with Crippen molar-refractivity contribution < 1.29 is 9.26 Å². The molecule has 3 heterocycles. The zero-order chi connectivity index (χ0) is 25.0. The minimum Gasteiger partial charge on any atom is -0.494 e. The fourth-order valence-electron chi connectivity index (χ4n) is 4.25. The second-order valence-electron chi connectivity index (χ2n) is 8.68. The molecule has 0 fully saturated rings. The van der Waals surface area contributed by atoms with E-state index in [1.807, 2.05) is 66.7 Å². The molecule has 6 nitrogen and oxygen atoms in total. The van der Waals surface area contributed by atoms with Gasteiger partial charge in [-0.1, -0.05) is 66.7 Å². The summed E-state index contributed by atoms with van der Waals surface area (Å²) in [4.78, 5) is 13.7. The lowest BCUT2D eigenvalue weighted by Crippen LogP contribution is -1.94. The van der Waals surface area contributed by atoms with Crippen molar-refractivity contribution in [1.29, 1.82) is 0 Å². The van der Waals surface area contributed by atoms with Gasteiger partial charge in [-0.05, 0) is 53.9 Å². The van der Waals surface area contributed by atoms with Crippen LogP contribution in [0.2, 0.25) is 0 Å². The molecule has 0 aliphatic heterocycles. The first kappa shape index (κ1) is 22.6. The zero-order valence-electron chi connectivity index (χ0n) is 20.3. The maximum absolute atomic E-state index is 5.75. The zero-order valence-corrected chi connectivity index (χ0v) is 20.3. The number of fused-ring (bicyclic) bond motifs is 1. The molecule has 6 heteroatoms. The van der Waals surface area contributed by atoms with Gasteiger partial charge in [0, 0.05) is 28.9 Å². The first-order chi connectivity index (χ1) is 18.3. The molecule has 6 rings (SSSR count). The third-order valence-corrected chi connectivity index (χ3v) is 6.15. The van der Waals surface area contributed by atoms with Gasteiger partial charge < -0.3 is 9.26 Å². The van der Waals surface area contributed by atoms with Gasteiger partial charge >= 0.3 is 0 Å². The molecule has 0 saturated carbocycles. The van der Waals surface area contributed by atoms with Crippen LogP contribution in [0.4, 0.5) is 0 Å². The van der Waals surface area contributed by atoms with Crippen LogP contribution in [0.15, 0.2) is 108 Å². The molecule has 0 N–H and O–H groups in total. The Morgan fingerprint density at radius 1 is 0.730 bits per heavy atom. The molecule has 0 radical (unpaired) electrons. The molecule has 37 heavy (non-hydrogen) atoms. The number of benzene rings is 3. The van der Waals surface area contributed by atoms with Gasteiger partial charge in [0.1, 0.15) is 5.75 Å². The van der Waals surface area contributed by atoms with Crippen molar-refractivity contribution in [3.8, 4) is 51.0 Å². The predicted molar refractivity (Wildman–Crippen MR) is 145 cm³/mol. The van der Waals surface area contributed by atoms with Crippen molar-refractivity contribution in [3.63, 3.8) is 0 Å². The topological polar surface area (TPSA) is 73.9 Å². The van der Waals surface area contributed by atoms with Crippen LogP contribution in [0.25, 0.3) is 56.1 Å². The van der Waals surface area contributed by atoms with Gasteiger partial charge in [-0.2, -0.15) is 4.98 Å². The average Bonchev–Trinajstić information content (AvgIpc) is 3.47. The van der Waals surface area contributed by atoms with E-state index in [0.29, 0.717) is 11.7 Å². The summed E-state index contributed by atoms with van der Waals surface area (Å²) in [7, 11) is 0. The van der Waals surface area contributed by atoms with E-state index in [1.54, 1.807) is 12.4 Å². The number of pyridine rings is 2. The van der Waals surface area contributed by atoms with Crippen molar-refractivity contribution in [2.45, 2.75) is 13.3 Å². The summed E-state index contributed by atoms with van der Waals surface area (Å²) in [6.07, 6.45) is 4.51. The molecule has 0 spiro atoms. The number of hydrogen-bond acceptors (Lipinski definition) is 6. The Morgan fingerprint density at radius 3 is 2.19 bits per heavy atom. The first-order valence-electron chi connectivity index (χ1n) is 12.3. The van der Waals surface area contributed by atoms with E-state index in [-0.39, 0.29) is 0 Å². The second-order valence-corrected chi connectivity index (χ2v) is 8.68. The lowest BCUT2D eigenvalue weighted by atomic mass is 10.0. The maximum Gasteiger partial charge on any atom is 0.259 e. The Labute approximate surface area is 214 Å². The van der Waals surface area contributed by atoms with E-state index in [1.165, 1.54) is 0 Å². The largest absolute Gasteiger partial charge is 0.494 e. The van der Waals surface area contributed by atoms with Gasteiger partial charge in [0.05, 0.1) is 23.4 Å². The Balaban J connectivity index is 1.31. The third kappa shape index (κ3) is 4.69. The summed E-state index contributed by atoms with van der Waals surface area (Å²) in [5.41, 5.74) is 6.62. The summed E-state index contributed by atoms with van der Waals surface area (Å²) >= 11 is 0. The Morgan fingerprint density at radius 2 is 1.43 bits per heavy atom. The van der Waals surface area contributed by atoms with Crippen molar-refractivity contribution in [1.82, 2.24) is 20.1 Å². The quantitative estimate of drug-likeness (QED) is 0.234. The van der Waals surface area contributed by atoms with Crippen LogP contribution in [0.5, 0.6) is 5.75 Å². The number of aromatic nitrogens is 4. The van der Waals surface area contributed by atoms with Crippen LogP contribution in [0.3, 0.4) is 0 Å². The van der Waals surface area contributed by atoms with Crippen LogP contribution < -0.4 is 4.74 Å². The number of para-hydroxylation sites is 1. The SMILES string of the molecule is CCCOc1ccc(-c2ccc(-c3noc(-c4cc(-c5ccncc5)nc5ccccc45)n3)cc2)cc1. The normalized spacial score (nSPS) is 11.1. The van der Waals surface area contributed by atoms with Gasteiger partial charge in [-0.25, -0.2) is 4.98 Å². The lowest BCUT2D eigenvalue weighted by molar-refractivity contribution is 0.317. The lowest BCUT2D eigenvalue weighted by Gasteiger charge is -2.07. The number of nitrogens with zero attached hydrogens (tertiary/aromatic N) is 4. The van der Waals surface area contributed by atoms with Gasteiger partial charge in [-0.15, -0.1) is 0 Å². The highest BCUT2D eigenvalue weighted by Gasteiger charge is 2.16. The maximum atomic E-state index is 5.75. The van der Waals surface area contributed by atoms with Crippen LogP contribution in [0.1, 0.15) is 13.3 Å². The average molecular weight is 485 g/mol. The molecule has 0 unspecified atom stereocenters. The van der Waals surface area contributed by atoms with Crippen LogP contribution in [0, 0.1) is 0 Å². The molecular formula is C31H24N4O2. The molecule has 0 amide bonds. The second kappa shape index (κ2) is 10.0. The van der Waals surface area contributed by atoms with E-state index >= 15 is 0 Å². The van der Waals surface area contributed by atoms with Crippen LogP contribution in [-0.4, -0.2) is 26.7 Å². The Kier molecular flexibility index (Phi) is 6.13. The monoisotopic (exact) mass is 484 g/mol. The minimum absolute atomic E-state index is 0.454. The molecular weight excluding hydrogens is 460 g/mol. The van der Waals surface area contributed by atoms with Gasteiger partial charge in [0.15, 0.2) is 0 Å². The fourth-order valence-corrected chi connectivity index (χ4v) is 4.25. The highest BCUT2D eigenvalue weighted by atomic mass is 16.5. The van der Waals surface area contributed by atoms with E-state index in [4.69, 9.17) is 19.2 Å². The Hall–Kier alpha value is -4.84. The van der Waals surface area contributed by atoms with Crippen molar-refractivity contribution in [3.05, 3.63) is 103 Å². The smallest absolute Gasteiger partial charge is 0.259 e. The molecule has 0 bridgehead atoms. The van der Waals surface area contributed by atoms with Crippen molar-refractivity contribution >= 4 is 10.9 Å². The number of hydrogen-bond donors (Lipinski definition) is 0. The fraction of sp³-hybridized carbons (Fsp3) is 0.0968. The van der Waals surface area contributed by atoms with E-state index in [9.17, 15) is 0 Å². The third-order valence-electron chi connectivity index (χ3n) is 6.15. The highest BCUT2D eigenvalue weighted by molar-refractivity contribution is 5.94. The van der Waals surface area contributed by atoms with E-state index in [0.717, 1.165) is 63.2 Å². The summed E-state index contributed by atoms with van der Waals surface area (Å²) in [6.45, 7) is 2.82. The summed E-state index contributed by atoms with van der Waals surface area (Å²) in [6, 6.07) is 30.1. The molecule has 6 aromatic rings. The predicted octanol–water partition coefficient (Wildman–Crippen LogP) is 7.47. The van der Waals surface area contributed by atoms with Crippen LogP contribution in [-0.2, 0) is 0 Å². The van der Waals surface area contributed by atoms with Gasteiger partial charge in [-0.3, -0.25) is 4.98 Å².